The molecule has 7 nitrogen and oxygen atoms in total. The summed E-state index contributed by atoms with van der Waals surface area (Å²) in [7, 11) is 0. The van der Waals surface area contributed by atoms with Gasteiger partial charge in [-0.25, -0.2) is 4.98 Å². The summed E-state index contributed by atoms with van der Waals surface area (Å²) in [6.45, 7) is 1.72. The van der Waals surface area contributed by atoms with Gasteiger partial charge >= 0.3 is 0 Å². The summed E-state index contributed by atoms with van der Waals surface area (Å²) in [5.41, 5.74) is 4.07. The highest BCUT2D eigenvalue weighted by Gasteiger charge is 2.42. The van der Waals surface area contributed by atoms with Gasteiger partial charge in [-0.15, -0.1) is 0 Å². The van der Waals surface area contributed by atoms with E-state index in [0.29, 0.717) is 5.92 Å². The Balaban J connectivity index is 1.38. The second-order valence-corrected chi connectivity index (χ2v) is 10.0. The van der Waals surface area contributed by atoms with Gasteiger partial charge in [0.05, 0.1) is 11.8 Å². The number of piperidine rings is 1. The van der Waals surface area contributed by atoms with Crippen molar-refractivity contribution in [2.75, 3.05) is 23.3 Å². The fourth-order valence-corrected chi connectivity index (χ4v) is 5.99. The van der Waals surface area contributed by atoms with E-state index in [1.54, 1.807) is 0 Å². The maximum atomic E-state index is 9.28. The van der Waals surface area contributed by atoms with E-state index in [2.05, 4.69) is 32.5 Å². The number of fused-ring (bicyclic) bond motifs is 2. The summed E-state index contributed by atoms with van der Waals surface area (Å²) in [6.07, 6.45) is 12.9. The minimum absolute atomic E-state index is 0.164. The lowest BCUT2D eigenvalue weighted by atomic mass is 9.72. The summed E-state index contributed by atoms with van der Waals surface area (Å²) in [6, 6.07) is 4.59. The van der Waals surface area contributed by atoms with Crippen LogP contribution in [0.15, 0.2) is 6.07 Å². The molecule has 1 saturated heterocycles. The smallest absolute Gasteiger partial charge is 0.227 e. The lowest BCUT2D eigenvalue weighted by Gasteiger charge is -2.37. The van der Waals surface area contributed by atoms with Gasteiger partial charge in [0, 0.05) is 47.7 Å². The molecule has 3 fully saturated rings. The summed E-state index contributed by atoms with van der Waals surface area (Å²) in [5.74, 6) is 3.47. The number of nitriles is 1. The van der Waals surface area contributed by atoms with Gasteiger partial charge in [-0.1, -0.05) is 12.8 Å². The molecule has 0 bridgehead atoms. The highest BCUT2D eigenvalue weighted by molar-refractivity contribution is 5.61. The number of nitrogens with zero attached hydrogens (tertiary/aromatic N) is 5. The fourth-order valence-electron chi connectivity index (χ4n) is 5.99. The van der Waals surface area contributed by atoms with Gasteiger partial charge in [0.2, 0.25) is 5.95 Å². The zero-order valence-electron chi connectivity index (χ0n) is 18.2. The van der Waals surface area contributed by atoms with Crippen LogP contribution in [-0.2, 0) is 11.8 Å². The van der Waals surface area contributed by atoms with E-state index in [4.69, 9.17) is 9.97 Å². The number of H-pyrrole nitrogens is 1. The Morgan fingerprint density at radius 3 is 2.58 bits per heavy atom. The van der Waals surface area contributed by atoms with Crippen molar-refractivity contribution in [2.24, 2.45) is 5.92 Å². The zero-order chi connectivity index (χ0) is 20.8. The Morgan fingerprint density at radius 1 is 1.06 bits per heavy atom. The second-order valence-electron chi connectivity index (χ2n) is 10.0. The summed E-state index contributed by atoms with van der Waals surface area (Å²) in [4.78, 5) is 12.6. The van der Waals surface area contributed by atoms with Crippen molar-refractivity contribution < 1.29 is 0 Å². The summed E-state index contributed by atoms with van der Waals surface area (Å²) in [5, 5.41) is 20.6. The Morgan fingerprint density at radius 2 is 1.84 bits per heavy atom. The quantitative estimate of drug-likeness (QED) is 0.748. The van der Waals surface area contributed by atoms with Gasteiger partial charge in [-0.2, -0.15) is 15.3 Å². The third-order valence-electron chi connectivity index (χ3n) is 7.96. The first kappa shape index (κ1) is 19.1. The molecule has 4 aliphatic rings. The number of hydrogen-bond acceptors (Lipinski definition) is 6. The van der Waals surface area contributed by atoms with E-state index >= 15 is 0 Å². The third-order valence-corrected chi connectivity index (χ3v) is 7.96. The molecule has 0 aromatic carbocycles. The van der Waals surface area contributed by atoms with Crippen LogP contribution in [0.1, 0.15) is 87.1 Å². The Kier molecular flexibility index (Phi) is 4.62. The maximum absolute atomic E-state index is 9.28. The molecule has 7 heteroatoms. The van der Waals surface area contributed by atoms with Gasteiger partial charge in [-0.3, -0.25) is 5.10 Å². The standard InChI is InChI=1S/C24H31N7/c25-15-16-7-12-31(13-8-16)23-27-21-18(4-3-11-24(21)9-1-2-10-24)22(28-23)26-20-14-19(29-30-20)17-5-6-17/h14,16-17H,1-13H2,(H2,26,27,28,29,30). The van der Waals surface area contributed by atoms with E-state index in [9.17, 15) is 5.26 Å². The summed E-state index contributed by atoms with van der Waals surface area (Å²) >= 11 is 0. The Labute approximate surface area is 183 Å². The molecular weight excluding hydrogens is 386 g/mol. The highest BCUT2D eigenvalue weighted by atomic mass is 15.3. The average Bonchev–Trinajstić information content (AvgIpc) is 3.38. The predicted octanol–water partition coefficient (Wildman–Crippen LogP) is 4.71. The number of aromatic nitrogens is 4. The van der Waals surface area contributed by atoms with E-state index in [1.807, 2.05) is 0 Å². The first-order valence-corrected chi connectivity index (χ1v) is 12.1. The first-order chi connectivity index (χ1) is 15.2. The number of hydrogen-bond donors (Lipinski definition) is 2. The molecule has 31 heavy (non-hydrogen) atoms. The molecule has 162 valence electrons. The number of aromatic amines is 1. The Bertz CT molecular complexity index is 1000. The molecule has 0 unspecified atom stereocenters. The van der Waals surface area contributed by atoms with E-state index in [0.717, 1.165) is 49.9 Å². The van der Waals surface area contributed by atoms with Crippen molar-refractivity contribution in [2.45, 2.75) is 82.0 Å². The average molecular weight is 418 g/mol. The molecule has 3 aliphatic carbocycles. The minimum atomic E-state index is 0.164. The van der Waals surface area contributed by atoms with Crippen LogP contribution in [0.4, 0.5) is 17.6 Å². The molecule has 0 amide bonds. The Hall–Kier alpha value is -2.62. The normalized spacial score (nSPS) is 23.0. The molecule has 2 aromatic rings. The highest BCUT2D eigenvalue weighted by Crippen LogP contribution is 2.50. The molecule has 1 aliphatic heterocycles. The fraction of sp³-hybridized carbons (Fsp3) is 0.667. The van der Waals surface area contributed by atoms with Gasteiger partial charge in [0.15, 0.2) is 5.82 Å². The van der Waals surface area contributed by atoms with E-state index < -0.39 is 0 Å². The van der Waals surface area contributed by atoms with Crippen molar-refractivity contribution in [3.8, 4) is 6.07 Å². The molecule has 0 radical (unpaired) electrons. The summed E-state index contributed by atoms with van der Waals surface area (Å²) < 4.78 is 0. The van der Waals surface area contributed by atoms with Crippen molar-refractivity contribution >= 4 is 17.6 Å². The van der Waals surface area contributed by atoms with E-state index in [-0.39, 0.29) is 11.3 Å². The van der Waals surface area contributed by atoms with Crippen LogP contribution in [0, 0.1) is 17.2 Å². The van der Waals surface area contributed by atoms with Crippen LogP contribution in [0.5, 0.6) is 0 Å². The maximum Gasteiger partial charge on any atom is 0.227 e. The molecule has 0 atom stereocenters. The molecule has 6 rings (SSSR count). The predicted molar refractivity (Wildman–Crippen MR) is 120 cm³/mol. The molecule has 2 aromatic heterocycles. The number of anilines is 3. The van der Waals surface area contributed by atoms with Crippen LogP contribution < -0.4 is 10.2 Å². The lowest BCUT2D eigenvalue weighted by molar-refractivity contribution is 0.356. The minimum Gasteiger partial charge on any atom is -0.341 e. The van der Waals surface area contributed by atoms with Gasteiger partial charge in [0.25, 0.3) is 0 Å². The zero-order valence-corrected chi connectivity index (χ0v) is 18.2. The van der Waals surface area contributed by atoms with Crippen LogP contribution in [0.25, 0.3) is 0 Å². The van der Waals surface area contributed by atoms with Crippen molar-refractivity contribution in [1.29, 1.82) is 5.26 Å². The van der Waals surface area contributed by atoms with Crippen LogP contribution in [0.2, 0.25) is 0 Å². The third kappa shape index (κ3) is 3.46. The van der Waals surface area contributed by atoms with Crippen molar-refractivity contribution in [3.63, 3.8) is 0 Å². The largest absolute Gasteiger partial charge is 0.341 e. The van der Waals surface area contributed by atoms with Crippen LogP contribution in [-0.4, -0.2) is 33.3 Å². The molecular formula is C24H31N7. The van der Waals surface area contributed by atoms with Crippen molar-refractivity contribution in [3.05, 3.63) is 23.0 Å². The number of nitrogens with one attached hydrogen (secondary N) is 2. The second kappa shape index (κ2) is 7.51. The SMILES string of the molecule is N#CC1CCN(c2nc(Nc3cc(C4CC4)[nH]n3)c3c(n2)C2(CCCC2)CCC3)CC1. The van der Waals surface area contributed by atoms with Crippen molar-refractivity contribution in [1.82, 2.24) is 20.2 Å². The molecule has 2 saturated carbocycles. The van der Waals surface area contributed by atoms with Crippen LogP contribution in [0.3, 0.4) is 0 Å². The van der Waals surface area contributed by atoms with E-state index in [1.165, 1.54) is 68.3 Å². The first-order valence-electron chi connectivity index (χ1n) is 12.1. The van der Waals surface area contributed by atoms with Gasteiger partial charge < -0.3 is 10.2 Å². The monoisotopic (exact) mass is 417 g/mol. The van der Waals surface area contributed by atoms with Crippen LogP contribution >= 0.6 is 0 Å². The van der Waals surface area contributed by atoms with Gasteiger partial charge in [0.1, 0.15) is 5.82 Å². The molecule has 2 N–H and O–H groups in total. The lowest BCUT2D eigenvalue weighted by Crippen LogP contribution is -2.37. The number of rotatable bonds is 4. The topological polar surface area (TPSA) is 93.5 Å². The molecule has 3 heterocycles. The molecule has 1 spiro atoms. The van der Waals surface area contributed by atoms with Gasteiger partial charge in [-0.05, 0) is 57.8 Å².